The van der Waals surface area contributed by atoms with Crippen LogP contribution < -0.4 is 10.6 Å². The summed E-state index contributed by atoms with van der Waals surface area (Å²) in [6.07, 6.45) is 2.66. The fourth-order valence-corrected chi connectivity index (χ4v) is 3.00. The van der Waals surface area contributed by atoms with E-state index in [1.54, 1.807) is 6.07 Å². The van der Waals surface area contributed by atoms with Crippen molar-refractivity contribution in [1.82, 2.24) is 10.3 Å². The van der Waals surface area contributed by atoms with Crippen molar-refractivity contribution in [3.8, 4) is 0 Å². The number of nitro benzene ring substituents is 1. The van der Waals surface area contributed by atoms with Gasteiger partial charge in [0.15, 0.2) is 10.2 Å². The van der Waals surface area contributed by atoms with E-state index in [0.29, 0.717) is 15.8 Å². The number of thiocarbonyl (C=S) groups is 1. The van der Waals surface area contributed by atoms with Gasteiger partial charge in [-0.15, -0.1) is 0 Å². The number of aromatic nitrogens is 1. The Morgan fingerprint density at radius 1 is 1.41 bits per heavy atom. The van der Waals surface area contributed by atoms with E-state index >= 15 is 0 Å². The van der Waals surface area contributed by atoms with Gasteiger partial charge in [0.05, 0.1) is 15.1 Å². The maximum atomic E-state index is 10.8. The van der Waals surface area contributed by atoms with E-state index in [0.717, 1.165) is 30.5 Å². The Bertz CT molecular complexity index is 674. The summed E-state index contributed by atoms with van der Waals surface area (Å²) in [5.41, 5.74) is 0.746. The number of thiazole rings is 1. The lowest BCUT2D eigenvalue weighted by Gasteiger charge is -2.07. The van der Waals surface area contributed by atoms with Gasteiger partial charge in [-0.3, -0.25) is 10.1 Å². The molecule has 0 fully saturated rings. The molecule has 1 heterocycles. The van der Waals surface area contributed by atoms with Crippen molar-refractivity contribution in [3.63, 3.8) is 0 Å². The molecule has 1 aromatic heterocycles. The summed E-state index contributed by atoms with van der Waals surface area (Å²) in [5.74, 6) is 0. The lowest BCUT2D eigenvalue weighted by molar-refractivity contribution is -0.384. The van der Waals surface area contributed by atoms with E-state index in [4.69, 9.17) is 17.3 Å². The van der Waals surface area contributed by atoms with E-state index in [2.05, 4.69) is 15.6 Å². The van der Waals surface area contributed by atoms with Crippen LogP contribution in [0.1, 0.15) is 19.3 Å². The van der Waals surface area contributed by atoms with Gasteiger partial charge in [0.25, 0.3) is 5.69 Å². The normalized spacial score (nSPS) is 10.6. The molecule has 1 aromatic carbocycles. The Kier molecular flexibility index (Phi) is 5.99. The molecular weight excluding hydrogens is 324 g/mol. The molecule has 0 saturated carbocycles. The number of aliphatic hydroxyl groups excluding tert-OH is 1. The largest absolute Gasteiger partial charge is 0.396 e. The maximum absolute atomic E-state index is 10.8. The Morgan fingerprint density at radius 2 is 2.23 bits per heavy atom. The first kappa shape index (κ1) is 16.5. The lowest BCUT2D eigenvalue weighted by Crippen LogP contribution is -2.29. The second-order valence-corrected chi connectivity index (χ2v) is 6.03. The first-order chi connectivity index (χ1) is 10.6. The smallest absolute Gasteiger partial charge is 0.270 e. The van der Waals surface area contributed by atoms with Gasteiger partial charge < -0.3 is 15.7 Å². The number of aliphatic hydroxyl groups is 1. The number of hydrogen-bond donors (Lipinski definition) is 3. The highest BCUT2D eigenvalue weighted by Crippen LogP contribution is 2.28. The molecule has 0 aliphatic rings. The van der Waals surface area contributed by atoms with Crippen LogP contribution in [0, 0.1) is 10.1 Å². The summed E-state index contributed by atoms with van der Waals surface area (Å²) < 4.78 is 0.738. The van der Waals surface area contributed by atoms with Crippen molar-refractivity contribution >= 4 is 49.7 Å². The van der Waals surface area contributed by atoms with Crippen LogP contribution in [0.5, 0.6) is 0 Å². The topological polar surface area (TPSA) is 100 Å². The Hall–Kier alpha value is -1.84. The van der Waals surface area contributed by atoms with Crippen molar-refractivity contribution in [2.75, 3.05) is 18.5 Å². The van der Waals surface area contributed by atoms with E-state index in [-0.39, 0.29) is 12.3 Å². The van der Waals surface area contributed by atoms with E-state index in [1.165, 1.54) is 23.5 Å². The summed E-state index contributed by atoms with van der Waals surface area (Å²) in [6.45, 7) is 0.933. The lowest BCUT2D eigenvalue weighted by atomic mass is 10.2. The van der Waals surface area contributed by atoms with Gasteiger partial charge in [0.1, 0.15) is 0 Å². The van der Waals surface area contributed by atoms with E-state index in [1.807, 2.05) is 0 Å². The monoisotopic (exact) mass is 340 g/mol. The van der Waals surface area contributed by atoms with Crippen LogP contribution in [0.3, 0.4) is 0 Å². The number of nitrogens with zero attached hydrogens (tertiary/aromatic N) is 2. The van der Waals surface area contributed by atoms with Gasteiger partial charge in [0, 0.05) is 25.3 Å². The molecule has 118 valence electrons. The van der Waals surface area contributed by atoms with E-state index < -0.39 is 4.92 Å². The average Bonchev–Trinajstić information content (AvgIpc) is 2.87. The Labute approximate surface area is 136 Å². The highest BCUT2D eigenvalue weighted by Gasteiger charge is 2.10. The third-order valence-electron chi connectivity index (χ3n) is 2.92. The third-order valence-corrected chi connectivity index (χ3v) is 4.10. The molecule has 0 saturated heterocycles. The van der Waals surface area contributed by atoms with Crippen LogP contribution in [0.15, 0.2) is 18.2 Å². The Balaban J connectivity index is 1.91. The number of unbranched alkanes of at least 4 members (excludes halogenated alkanes) is 2. The molecule has 0 atom stereocenters. The molecule has 0 aliphatic carbocycles. The van der Waals surface area contributed by atoms with Crippen LogP contribution in [0.4, 0.5) is 10.8 Å². The molecule has 0 unspecified atom stereocenters. The third kappa shape index (κ3) is 4.58. The molecule has 9 heteroatoms. The van der Waals surface area contributed by atoms with Crippen LogP contribution in [0.25, 0.3) is 10.2 Å². The molecule has 2 aromatic rings. The van der Waals surface area contributed by atoms with Crippen molar-refractivity contribution in [3.05, 3.63) is 28.3 Å². The second-order valence-electron chi connectivity index (χ2n) is 4.59. The first-order valence-electron chi connectivity index (χ1n) is 6.81. The molecular formula is C13H16N4O3S2. The number of nitrogens with one attached hydrogen (secondary N) is 2. The average molecular weight is 340 g/mol. The van der Waals surface area contributed by atoms with Crippen molar-refractivity contribution in [1.29, 1.82) is 0 Å². The number of rotatable bonds is 7. The standard InChI is InChI=1S/C13H16N4O3S2/c18-7-3-1-2-6-14-12(21)16-13-15-10-5-4-9(17(19)20)8-11(10)22-13/h4-5,8,18H,1-3,6-7H2,(H2,14,15,16,21). The molecule has 7 nitrogen and oxygen atoms in total. The molecule has 22 heavy (non-hydrogen) atoms. The van der Waals surface area contributed by atoms with Crippen LogP contribution in [-0.2, 0) is 0 Å². The van der Waals surface area contributed by atoms with Crippen LogP contribution in [-0.4, -0.2) is 33.3 Å². The summed E-state index contributed by atoms with van der Waals surface area (Å²) in [6, 6.07) is 4.56. The number of hydrogen-bond acceptors (Lipinski definition) is 6. The zero-order valence-corrected chi connectivity index (χ0v) is 13.4. The number of benzene rings is 1. The summed E-state index contributed by atoms with van der Waals surface area (Å²) in [4.78, 5) is 14.7. The van der Waals surface area contributed by atoms with Gasteiger partial charge in [-0.2, -0.15) is 0 Å². The second kappa shape index (κ2) is 7.97. The molecule has 0 radical (unpaired) electrons. The van der Waals surface area contributed by atoms with Gasteiger partial charge >= 0.3 is 0 Å². The summed E-state index contributed by atoms with van der Waals surface area (Å²) in [5, 5.41) is 26.5. The fourth-order valence-electron chi connectivity index (χ4n) is 1.84. The highest BCUT2D eigenvalue weighted by atomic mass is 32.1. The first-order valence-corrected chi connectivity index (χ1v) is 8.03. The minimum atomic E-state index is -0.426. The maximum Gasteiger partial charge on any atom is 0.270 e. The number of non-ortho nitro benzene ring substituents is 1. The van der Waals surface area contributed by atoms with Gasteiger partial charge in [-0.25, -0.2) is 4.98 Å². The van der Waals surface area contributed by atoms with Crippen molar-refractivity contribution in [2.24, 2.45) is 0 Å². The van der Waals surface area contributed by atoms with Gasteiger partial charge in [-0.1, -0.05) is 11.3 Å². The SMILES string of the molecule is O=[N+]([O-])c1ccc2nc(NC(=S)NCCCCCO)sc2c1. The predicted octanol–water partition coefficient (Wildman–Crippen LogP) is 2.65. The quantitative estimate of drug-likeness (QED) is 0.308. The number of fused-ring (bicyclic) bond motifs is 1. The summed E-state index contributed by atoms with van der Waals surface area (Å²) >= 11 is 6.49. The van der Waals surface area contributed by atoms with Crippen LogP contribution in [0.2, 0.25) is 0 Å². The molecule has 3 N–H and O–H groups in total. The minimum absolute atomic E-state index is 0.0484. The fraction of sp³-hybridized carbons (Fsp3) is 0.385. The van der Waals surface area contributed by atoms with Crippen molar-refractivity contribution < 1.29 is 10.0 Å². The molecule has 0 spiro atoms. The van der Waals surface area contributed by atoms with Gasteiger partial charge in [-0.05, 0) is 37.5 Å². The summed E-state index contributed by atoms with van der Waals surface area (Å²) in [7, 11) is 0. The van der Waals surface area contributed by atoms with E-state index in [9.17, 15) is 10.1 Å². The minimum Gasteiger partial charge on any atom is -0.396 e. The highest BCUT2D eigenvalue weighted by molar-refractivity contribution is 7.80. The molecule has 0 aliphatic heterocycles. The van der Waals surface area contributed by atoms with Crippen molar-refractivity contribution in [2.45, 2.75) is 19.3 Å². The predicted molar refractivity (Wildman–Crippen MR) is 91.4 cm³/mol. The molecule has 2 rings (SSSR count). The van der Waals surface area contributed by atoms with Gasteiger partial charge in [0.2, 0.25) is 0 Å². The zero-order valence-electron chi connectivity index (χ0n) is 11.7. The molecule has 0 amide bonds. The Morgan fingerprint density at radius 3 is 2.95 bits per heavy atom. The number of nitro groups is 1. The zero-order chi connectivity index (χ0) is 15.9. The van der Waals surface area contributed by atoms with Crippen LogP contribution >= 0.6 is 23.6 Å². The number of anilines is 1. The molecule has 0 bridgehead atoms.